The quantitative estimate of drug-likeness (QED) is 0.174. The van der Waals surface area contributed by atoms with E-state index in [2.05, 4.69) is 45.2 Å². The van der Waals surface area contributed by atoms with Gasteiger partial charge in [0.2, 0.25) is 5.91 Å². The summed E-state index contributed by atoms with van der Waals surface area (Å²) in [6, 6.07) is -0.310. The van der Waals surface area contributed by atoms with Crippen molar-refractivity contribution in [3.63, 3.8) is 0 Å². The summed E-state index contributed by atoms with van der Waals surface area (Å²) in [5.74, 6) is -2.67. The normalized spacial score (nSPS) is 46.8. The second kappa shape index (κ2) is 21.5. The number of carbonyl (C=O) groups is 2. The molecule has 370 valence electrons. The van der Waals surface area contributed by atoms with Gasteiger partial charge in [0.25, 0.3) is 0 Å². The number of hydrogen-bond acceptors (Lipinski definition) is 14. The fourth-order valence-corrected chi connectivity index (χ4v) is 11.1. The fourth-order valence-electron chi connectivity index (χ4n) is 11.1. The van der Waals surface area contributed by atoms with Crippen LogP contribution in [0.5, 0.6) is 0 Å². The zero-order valence-corrected chi connectivity index (χ0v) is 40.9. The van der Waals surface area contributed by atoms with E-state index in [4.69, 9.17) is 47.4 Å². The summed E-state index contributed by atoms with van der Waals surface area (Å²) in [6.45, 7) is 18.0. The van der Waals surface area contributed by atoms with Crippen molar-refractivity contribution in [2.24, 2.45) is 23.7 Å². The number of esters is 1. The number of fused-ring (bicyclic) bond motifs is 2. The summed E-state index contributed by atoms with van der Waals surface area (Å²) in [4.78, 5) is 26.7. The second-order valence-electron chi connectivity index (χ2n) is 19.9. The third-order valence-corrected chi connectivity index (χ3v) is 15.2. The molecule has 6 heterocycles. The van der Waals surface area contributed by atoms with Gasteiger partial charge in [0, 0.05) is 58.2 Å². The largest absolute Gasteiger partial charge is 0.462 e. The number of ether oxygens (including phenoxy) is 10. The first kappa shape index (κ1) is 51.1. The molecule has 7 rings (SSSR count). The predicted octanol–water partition coefficient (Wildman–Crippen LogP) is 5.91. The van der Waals surface area contributed by atoms with E-state index in [1.165, 1.54) is 0 Å². The van der Waals surface area contributed by atoms with Crippen molar-refractivity contribution in [1.29, 1.82) is 0 Å². The molecule has 4 fully saturated rings. The minimum absolute atomic E-state index is 0.0271. The highest BCUT2D eigenvalue weighted by molar-refractivity contribution is 5.78. The highest BCUT2D eigenvalue weighted by atomic mass is 16.7. The number of rotatable bonds is 10. The van der Waals surface area contributed by atoms with Crippen molar-refractivity contribution < 1.29 is 67.2 Å². The van der Waals surface area contributed by atoms with E-state index in [-0.39, 0.29) is 61.0 Å². The lowest BCUT2D eigenvalue weighted by molar-refractivity contribution is -0.311. The minimum atomic E-state index is -1.84. The van der Waals surface area contributed by atoms with E-state index in [9.17, 15) is 19.8 Å². The first-order valence-corrected chi connectivity index (χ1v) is 24.4. The second-order valence-corrected chi connectivity index (χ2v) is 19.9. The number of nitrogens with one attached hydrogen (secondary N) is 1. The van der Waals surface area contributed by atoms with Gasteiger partial charge in [0.05, 0.1) is 55.4 Å². The molecule has 0 aromatic carbocycles. The molecule has 7 aliphatic rings. The zero-order valence-electron chi connectivity index (χ0n) is 40.9. The maximum absolute atomic E-state index is 14.4. The van der Waals surface area contributed by atoms with Crippen LogP contribution in [0.2, 0.25) is 0 Å². The lowest BCUT2D eigenvalue weighted by Crippen LogP contribution is -2.59. The van der Waals surface area contributed by atoms with E-state index in [0.717, 1.165) is 12.0 Å². The van der Waals surface area contributed by atoms with Crippen LogP contribution in [0.15, 0.2) is 59.3 Å². The van der Waals surface area contributed by atoms with Gasteiger partial charge in [-0.3, -0.25) is 9.59 Å². The lowest BCUT2D eigenvalue weighted by Gasteiger charge is -2.48. The van der Waals surface area contributed by atoms with Crippen molar-refractivity contribution in [3.8, 4) is 0 Å². The van der Waals surface area contributed by atoms with Crippen LogP contribution in [0.25, 0.3) is 0 Å². The third-order valence-electron chi connectivity index (χ3n) is 15.2. The van der Waals surface area contributed by atoms with Gasteiger partial charge in [0.1, 0.15) is 35.9 Å². The van der Waals surface area contributed by atoms with Crippen LogP contribution in [-0.2, 0) is 57.0 Å². The first-order chi connectivity index (χ1) is 31.4. The number of amides is 1. The molecule has 0 aromatic heterocycles. The van der Waals surface area contributed by atoms with Gasteiger partial charge in [-0.25, -0.2) is 0 Å². The highest BCUT2D eigenvalue weighted by Gasteiger charge is 2.60. The van der Waals surface area contributed by atoms with Crippen LogP contribution in [0, 0.1) is 23.7 Å². The Morgan fingerprint density at radius 3 is 2.35 bits per heavy atom. The highest BCUT2D eigenvalue weighted by Crippen LogP contribution is 2.47. The van der Waals surface area contributed by atoms with Gasteiger partial charge >= 0.3 is 5.97 Å². The molecule has 6 aliphatic heterocycles. The molecule has 0 saturated carbocycles. The van der Waals surface area contributed by atoms with Crippen molar-refractivity contribution in [2.75, 3.05) is 20.8 Å². The summed E-state index contributed by atoms with van der Waals surface area (Å²) in [6.07, 6.45) is 9.84. The van der Waals surface area contributed by atoms with Gasteiger partial charge in [-0.15, -0.1) is 0 Å². The Labute approximate surface area is 391 Å². The lowest BCUT2D eigenvalue weighted by atomic mass is 9.71. The van der Waals surface area contributed by atoms with Gasteiger partial charge in [0.15, 0.2) is 18.4 Å². The molecule has 1 aliphatic carbocycles. The van der Waals surface area contributed by atoms with Gasteiger partial charge < -0.3 is 62.9 Å². The van der Waals surface area contributed by atoms with Crippen LogP contribution in [0.4, 0.5) is 0 Å². The van der Waals surface area contributed by atoms with Crippen LogP contribution < -0.4 is 5.32 Å². The molecular formula is C51H77NO14. The molecule has 20 atom stereocenters. The maximum atomic E-state index is 14.4. The van der Waals surface area contributed by atoms with Crippen molar-refractivity contribution in [1.82, 2.24) is 5.32 Å². The van der Waals surface area contributed by atoms with Gasteiger partial charge in [-0.05, 0) is 62.8 Å². The summed E-state index contributed by atoms with van der Waals surface area (Å²) in [5.41, 5.74) is 0.118. The standard InChI is InChI=1S/C51H77NO14/c1-12-27(3)46-30(6)19-20-50(66-46)25-36-22-35(65-50)18-17-29(5)45(28(4)15-14-16-34-26-59-48-44(54)31(7)21-37(49(55)62-36)51(34,48)56)63-42-24-39(58-11)47(33(9)61-42)64-41-23-38(57-10)43(32(8)60-41)52-40(53)13-2/h14-17,19-21,27-28,30,32-33,35-39,41-48,54,56H,12-13,18,22-26H2,1-11H3,(H,52,53)/b15-14+,29-17+,34-16+/t27?,28-,30-,32-,33-,35+,36-,37-,38-,39-,41-,42-,43+,44+,45-,46+,47-,48+,50+,51+/m0/s1. The number of carbonyl (C=O) groups excluding carboxylic acids is 2. The molecule has 1 amide bonds. The molecule has 0 radical (unpaired) electrons. The molecular weight excluding hydrogens is 851 g/mol. The monoisotopic (exact) mass is 928 g/mol. The minimum Gasteiger partial charge on any atom is -0.462 e. The molecule has 2 bridgehead atoms. The first-order valence-electron chi connectivity index (χ1n) is 24.4. The Kier molecular flexibility index (Phi) is 16.6. The molecule has 3 N–H and O–H groups in total. The number of allylic oxidation sites excluding steroid dienone is 2. The Bertz CT molecular complexity index is 1870. The molecule has 4 saturated heterocycles. The van der Waals surface area contributed by atoms with Crippen LogP contribution in [0.3, 0.4) is 0 Å². The average Bonchev–Trinajstić information content (AvgIpc) is 3.63. The zero-order chi connectivity index (χ0) is 47.7. The topological polar surface area (TPSA) is 179 Å². The molecule has 1 unspecified atom stereocenters. The number of aliphatic hydroxyl groups excluding tert-OH is 1. The SMILES string of the molecule is CCC(=O)N[C@@H]1[C@H](C)O[C@@H](O[C@H]2[C@H](C)O[C@@H](O[C@@H]3/C(C)=C/C[C@@H]4C[C@@H](C[C@]5(C=C[C@H](C)[C@@H](C(C)CC)O5)O4)OC(=O)[C@@H]4C=C(C)[C@@H](O)[C@H]5OC/C(=C\C=C\[C@@H]3C)[C@]54O)C[C@@H]2OC)C[C@@H]1OC. The molecule has 0 aromatic rings. The summed E-state index contributed by atoms with van der Waals surface area (Å²) in [5, 5.41) is 26.8. The molecule has 15 heteroatoms. The Morgan fingerprint density at radius 2 is 1.64 bits per heavy atom. The van der Waals surface area contributed by atoms with Crippen molar-refractivity contribution in [2.45, 2.75) is 204 Å². The van der Waals surface area contributed by atoms with Crippen LogP contribution in [0.1, 0.15) is 107 Å². The van der Waals surface area contributed by atoms with E-state index in [1.807, 2.05) is 45.9 Å². The Balaban J connectivity index is 1.15. The van der Waals surface area contributed by atoms with Gasteiger partial charge in [-0.2, -0.15) is 0 Å². The molecule has 1 spiro atoms. The van der Waals surface area contributed by atoms with E-state index in [0.29, 0.717) is 43.3 Å². The smallest absolute Gasteiger partial charge is 0.316 e. The van der Waals surface area contributed by atoms with E-state index < -0.39 is 84.7 Å². The van der Waals surface area contributed by atoms with Gasteiger partial charge in [-0.1, -0.05) is 77.5 Å². The Hall–Kier alpha value is -2.80. The maximum Gasteiger partial charge on any atom is 0.316 e. The van der Waals surface area contributed by atoms with Crippen LogP contribution >= 0.6 is 0 Å². The average molecular weight is 928 g/mol. The summed E-state index contributed by atoms with van der Waals surface area (Å²) in [7, 11) is 3.28. The van der Waals surface area contributed by atoms with E-state index in [1.54, 1.807) is 33.3 Å². The third kappa shape index (κ3) is 10.7. The number of hydrogen-bond donors (Lipinski definition) is 3. The summed E-state index contributed by atoms with van der Waals surface area (Å²) >= 11 is 0. The van der Waals surface area contributed by atoms with Crippen molar-refractivity contribution >= 4 is 11.9 Å². The predicted molar refractivity (Wildman–Crippen MR) is 244 cm³/mol. The molecule has 15 nitrogen and oxygen atoms in total. The summed E-state index contributed by atoms with van der Waals surface area (Å²) < 4.78 is 64.6. The number of methoxy groups -OCH3 is 2. The van der Waals surface area contributed by atoms with Crippen molar-refractivity contribution in [3.05, 3.63) is 59.3 Å². The fraction of sp³-hybridized carbons (Fsp3) is 0.765. The molecule has 66 heavy (non-hydrogen) atoms. The van der Waals surface area contributed by atoms with Crippen LogP contribution in [-0.4, -0.2) is 140 Å². The number of aliphatic hydroxyl groups is 2. The van der Waals surface area contributed by atoms with E-state index >= 15 is 0 Å². The Morgan fingerprint density at radius 1 is 0.924 bits per heavy atom.